The summed E-state index contributed by atoms with van der Waals surface area (Å²) in [5, 5.41) is 6.30. The molecule has 0 atom stereocenters. The van der Waals surface area contributed by atoms with E-state index in [2.05, 4.69) is 48.6 Å². The first-order valence-electron chi connectivity index (χ1n) is 7.98. The van der Waals surface area contributed by atoms with E-state index in [4.69, 9.17) is 18.0 Å². The molecule has 0 saturated carbocycles. The third-order valence-corrected chi connectivity index (χ3v) is 4.20. The van der Waals surface area contributed by atoms with Crippen LogP contribution in [0.4, 0.5) is 5.69 Å². The molecule has 1 aliphatic rings. The predicted octanol–water partition coefficient (Wildman–Crippen LogP) is 4.24. The SMILES string of the molecule is C=C(NC=S)/C(=C/C1=CC=C(S)C1)C(=C)Nc1ccc(CCN)cc1. The van der Waals surface area contributed by atoms with Gasteiger partial charge in [-0.15, -0.1) is 12.6 Å². The molecular weight excluding hydrogens is 346 g/mol. The van der Waals surface area contributed by atoms with E-state index < -0.39 is 0 Å². The summed E-state index contributed by atoms with van der Waals surface area (Å²) in [6, 6.07) is 8.16. The summed E-state index contributed by atoms with van der Waals surface area (Å²) in [5.41, 5.74) is 12.7. The number of hydrogen-bond acceptors (Lipinski definition) is 4. The first-order chi connectivity index (χ1) is 12.0. The zero-order valence-corrected chi connectivity index (χ0v) is 15.8. The second-order valence-electron chi connectivity index (χ2n) is 5.71. The molecule has 0 saturated heterocycles. The Morgan fingerprint density at radius 3 is 2.48 bits per heavy atom. The quantitative estimate of drug-likeness (QED) is 0.299. The van der Waals surface area contributed by atoms with Gasteiger partial charge in [-0.3, -0.25) is 0 Å². The van der Waals surface area contributed by atoms with Crippen molar-refractivity contribution in [3.63, 3.8) is 0 Å². The molecule has 130 valence electrons. The molecule has 0 bridgehead atoms. The molecule has 0 heterocycles. The van der Waals surface area contributed by atoms with E-state index in [0.717, 1.165) is 40.3 Å². The lowest BCUT2D eigenvalue weighted by Gasteiger charge is -2.16. The van der Waals surface area contributed by atoms with Gasteiger partial charge in [-0.2, -0.15) is 0 Å². The monoisotopic (exact) mass is 369 g/mol. The maximum Gasteiger partial charge on any atom is 0.0658 e. The zero-order valence-electron chi connectivity index (χ0n) is 14.1. The van der Waals surface area contributed by atoms with Gasteiger partial charge in [-0.25, -0.2) is 0 Å². The van der Waals surface area contributed by atoms with Gasteiger partial charge in [0.25, 0.3) is 0 Å². The first-order valence-corrected chi connectivity index (χ1v) is 8.90. The van der Waals surface area contributed by atoms with Crippen LogP contribution in [0.2, 0.25) is 0 Å². The molecule has 1 aromatic carbocycles. The van der Waals surface area contributed by atoms with Crippen LogP contribution in [-0.2, 0) is 6.42 Å². The number of thiocarbonyl (C=S) groups is 1. The Hall–Kier alpha value is -2.08. The van der Waals surface area contributed by atoms with Crippen molar-refractivity contribution in [3.8, 4) is 0 Å². The van der Waals surface area contributed by atoms with Crippen LogP contribution in [0.25, 0.3) is 0 Å². The van der Waals surface area contributed by atoms with Gasteiger partial charge >= 0.3 is 0 Å². The Balaban J connectivity index is 2.16. The third-order valence-electron chi connectivity index (χ3n) is 3.77. The topological polar surface area (TPSA) is 50.1 Å². The molecule has 25 heavy (non-hydrogen) atoms. The van der Waals surface area contributed by atoms with Crippen molar-refractivity contribution in [2.75, 3.05) is 11.9 Å². The molecule has 0 aromatic heterocycles. The van der Waals surface area contributed by atoms with Crippen molar-refractivity contribution in [1.82, 2.24) is 5.32 Å². The Labute approximate surface area is 160 Å². The summed E-state index contributed by atoms with van der Waals surface area (Å²) in [6.07, 6.45) is 7.76. The van der Waals surface area contributed by atoms with Crippen LogP contribution in [-0.4, -0.2) is 12.0 Å². The maximum absolute atomic E-state index is 5.59. The highest BCUT2D eigenvalue weighted by Crippen LogP contribution is 2.27. The van der Waals surface area contributed by atoms with Crippen LogP contribution >= 0.6 is 24.8 Å². The molecule has 4 N–H and O–H groups in total. The minimum absolute atomic E-state index is 0.645. The number of rotatable bonds is 9. The van der Waals surface area contributed by atoms with Gasteiger partial charge in [0.2, 0.25) is 0 Å². The summed E-state index contributed by atoms with van der Waals surface area (Å²) in [5.74, 6) is 0. The van der Waals surface area contributed by atoms with Gasteiger partial charge in [-0.05, 0) is 47.2 Å². The highest BCUT2D eigenvalue weighted by molar-refractivity contribution is 7.84. The molecule has 2 rings (SSSR count). The first kappa shape index (κ1) is 19.2. The van der Waals surface area contributed by atoms with E-state index in [9.17, 15) is 0 Å². The summed E-state index contributed by atoms with van der Waals surface area (Å²) < 4.78 is 0. The van der Waals surface area contributed by atoms with Gasteiger partial charge < -0.3 is 16.4 Å². The molecule has 1 aliphatic carbocycles. The van der Waals surface area contributed by atoms with Crippen molar-refractivity contribution in [1.29, 1.82) is 0 Å². The van der Waals surface area contributed by atoms with Crippen LogP contribution in [0.1, 0.15) is 12.0 Å². The number of anilines is 1. The fraction of sp³-hybridized carbons (Fsp3) is 0.150. The predicted molar refractivity (Wildman–Crippen MR) is 116 cm³/mol. The number of nitrogens with two attached hydrogens (primary N) is 1. The minimum Gasteiger partial charge on any atom is -0.355 e. The van der Waals surface area contributed by atoms with Gasteiger partial charge in [0.05, 0.1) is 5.49 Å². The van der Waals surface area contributed by atoms with E-state index in [0.29, 0.717) is 12.2 Å². The van der Waals surface area contributed by atoms with Crippen molar-refractivity contribution < 1.29 is 0 Å². The number of thiol groups is 1. The van der Waals surface area contributed by atoms with E-state index in [1.165, 1.54) is 11.1 Å². The Morgan fingerprint density at radius 2 is 1.92 bits per heavy atom. The molecule has 5 heteroatoms. The highest BCUT2D eigenvalue weighted by Gasteiger charge is 2.11. The highest BCUT2D eigenvalue weighted by atomic mass is 32.1. The summed E-state index contributed by atoms with van der Waals surface area (Å²) in [4.78, 5) is 1.04. The maximum atomic E-state index is 5.59. The van der Waals surface area contributed by atoms with E-state index >= 15 is 0 Å². The molecule has 0 aliphatic heterocycles. The van der Waals surface area contributed by atoms with Crippen molar-refractivity contribution >= 4 is 36.0 Å². The molecule has 0 fully saturated rings. The largest absolute Gasteiger partial charge is 0.355 e. The van der Waals surface area contributed by atoms with Crippen molar-refractivity contribution in [2.45, 2.75) is 12.8 Å². The number of hydrogen-bond donors (Lipinski definition) is 4. The van der Waals surface area contributed by atoms with Crippen molar-refractivity contribution in [2.24, 2.45) is 5.73 Å². The van der Waals surface area contributed by atoms with Crippen LogP contribution in [0.5, 0.6) is 0 Å². The Morgan fingerprint density at radius 1 is 1.20 bits per heavy atom. The van der Waals surface area contributed by atoms with E-state index in [-0.39, 0.29) is 0 Å². The molecule has 1 aromatic rings. The molecule has 0 unspecified atom stereocenters. The average molecular weight is 370 g/mol. The second kappa shape index (κ2) is 9.42. The summed E-state index contributed by atoms with van der Waals surface area (Å²) >= 11 is 9.28. The Kier molecular flexibility index (Phi) is 7.25. The normalized spacial score (nSPS) is 13.8. The lowest BCUT2D eigenvalue weighted by Crippen LogP contribution is -2.14. The summed E-state index contributed by atoms with van der Waals surface area (Å²) in [7, 11) is 0. The van der Waals surface area contributed by atoms with Crippen LogP contribution < -0.4 is 16.4 Å². The smallest absolute Gasteiger partial charge is 0.0658 e. The van der Waals surface area contributed by atoms with E-state index in [1.807, 2.05) is 30.4 Å². The van der Waals surface area contributed by atoms with Crippen LogP contribution in [0.3, 0.4) is 0 Å². The minimum atomic E-state index is 0.645. The molecule has 0 spiro atoms. The van der Waals surface area contributed by atoms with Gasteiger partial charge in [0.15, 0.2) is 0 Å². The lowest BCUT2D eigenvalue weighted by atomic mass is 10.0. The van der Waals surface area contributed by atoms with Gasteiger partial charge in [0, 0.05) is 29.1 Å². The fourth-order valence-corrected chi connectivity index (χ4v) is 2.88. The average Bonchev–Trinajstić information content (AvgIpc) is 3.00. The van der Waals surface area contributed by atoms with Crippen molar-refractivity contribution in [3.05, 3.63) is 88.7 Å². The lowest BCUT2D eigenvalue weighted by molar-refractivity contribution is 0.969. The van der Waals surface area contributed by atoms with Gasteiger partial charge in [-0.1, -0.05) is 49.7 Å². The third kappa shape index (κ3) is 5.74. The number of nitrogens with one attached hydrogen (secondary N) is 2. The standard InChI is InChI=1S/C20H23N3S2/c1-14(22-13-24)20(12-17-5-8-19(25)11-17)15(2)23-18-6-3-16(4-7-18)9-10-21/h3-8,12-13,23,25H,1-2,9-11,21H2,(H,22,24)/b20-12-. The second-order valence-corrected chi connectivity index (χ2v) is 6.52. The Bertz CT molecular complexity index is 756. The molecule has 3 nitrogen and oxygen atoms in total. The van der Waals surface area contributed by atoms with Crippen LogP contribution in [0.15, 0.2) is 83.1 Å². The fourth-order valence-electron chi connectivity index (χ4n) is 2.48. The molecule has 0 amide bonds. The van der Waals surface area contributed by atoms with Gasteiger partial charge in [0.1, 0.15) is 0 Å². The summed E-state index contributed by atoms with van der Waals surface area (Å²) in [6.45, 7) is 8.86. The molecular formula is C20H23N3S2. The zero-order chi connectivity index (χ0) is 18.2. The van der Waals surface area contributed by atoms with Crippen LogP contribution in [0, 0.1) is 0 Å². The number of allylic oxidation sites excluding steroid dienone is 5. The number of benzene rings is 1. The molecule has 0 radical (unpaired) electrons. The van der Waals surface area contributed by atoms with E-state index in [1.54, 1.807) is 0 Å².